The van der Waals surface area contributed by atoms with Crippen LogP contribution in [0.1, 0.15) is 30.9 Å². The summed E-state index contributed by atoms with van der Waals surface area (Å²) in [7, 11) is 1.64. The molecule has 0 heterocycles. The van der Waals surface area contributed by atoms with Gasteiger partial charge in [-0.25, -0.2) is 0 Å². The Morgan fingerprint density at radius 1 is 1.18 bits per heavy atom. The molecule has 0 aliphatic heterocycles. The Balaban J connectivity index is 2.58. The number of rotatable bonds is 8. The van der Waals surface area contributed by atoms with Crippen molar-refractivity contribution in [2.75, 3.05) is 31.7 Å². The van der Waals surface area contributed by atoms with E-state index in [1.807, 2.05) is 26.0 Å². The van der Waals surface area contributed by atoms with Gasteiger partial charge < -0.3 is 15.0 Å². The number of carbonyl (C=O) groups excluding carboxylic acids is 2. The third-order valence-corrected chi connectivity index (χ3v) is 3.31. The van der Waals surface area contributed by atoms with Crippen molar-refractivity contribution in [3.05, 3.63) is 29.3 Å². The molecule has 22 heavy (non-hydrogen) atoms. The number of anilines is 1. The molecule has 0 aliphatic rings. The maximum Gasteiger partial charge on any atom is 0.223 e. The van der Waals surface area contributed by atoms with Gasteiger partial charge in [-0.15, -0.1) is 0 Å². The lowest BCUT2D eigenvalue weighted by molar-refractivity contribution is -0.121. The first-order valence-electron chi connectivity index (χ1n) is 7.56. The summed E-state index contributed by atoms with van der Waals surface area (Å²) in [5.41, 5.74) is 3.05. The molecule has 1 aromatic carbocycles. The number of nitrogens with zero attached hydrogens (tertiary/aromatic N) is 1. The minimum atomic E-state index is -0.0582. The van der Waals surface area contributed by atoms with Crippen molar-refractivity contribution < 1.29 is 14.3 Å². The van der Waals surface area contributed by atoms with Gasteiger partial charge in [-0.3, -0.25) is 9.59 Å². The smallest absolute Gasteiger partial charge is 0.223 e. The van der Waals surface area contributed by atoms with Crippen molar-refractivity contribution in [2.45, 2.75) is 33.6 Å². The highest BCUT2D eigenvalue weighted by Gasteiger charge is 2.14. The molecule has 0 fully saturated rings. The SMILES string of the molecule is COCCCNC(=O)CCN(C(C)=O)c1cc(C)cc(C)c1. The van der Waals surface area contributed by atoms with Gasteiger partial charge in [0, 0.05) is 45.8 Å². The average molecular weight is 306 g/mol. The van der Waals surface area contributed by atoms with Crippen LogP contribution in [0.2, 0.25) is 0 Å². The van der Waals surface area contributed by atoms with Crippen LogP contribution in [0.5, 0.6) is 0 Å². The van der Waals surface area contributed by atoms with Gasteiger partial charge in [0.1, 0.15) is 0 Å². The molecule has 1 N–H and O–H groups in total. The number of amides is 2. The lowest BCUT2D eigenvalue weighted by Gasteiger charge is -2.22. The zero-order chi connectivity index (χ0) is 16.5. The summed E-state index contributed by atoms with van der Waals surface area (Å²) in [6, 6.07) is 5.99. The molecule has 0 bridgehead atoms. The molecule has 0 saturated carbocycles. The molecular formula is C17H26N2O3. The van der Waals surface area contributed by atoms with Crippen molar-refractivity contribution in [3.63, 3.8) is 0 Å². The van der Waals surface area contributed by atoms with E-state index in [9.17, 15) is 9.59 Å². The molecule has 0 spiro atoms. The molecule has 1 aromatic rings. The van der Waals surface area contributed by atoms with Crippen molar-refractivity contribution in [1.82, 2.24) is 5.32 Å². The van der Waals surface area contributed by atoms with Gasteiger partial charge in [0.05, 0.1) is 0 Å². The monoisotopic (exact) mass is 306 g/mol. The number of nitrogens with one attached hydrogen (secondary N) is 1. The summed E-state index contributed by atoms with van der Waals surface area (Å²) in [5, 5.41) is 2.83. The number of benzene rings is 1. The van der Waals surface area contributed by atoms with Crippen LogP contribution in [0.4, 0.5) is 5.69 Å². The number of ether oxygens (including phenoxy) is 1. The molecule has 0 radical (unpaired) electrons. The Morgan fingerprint density at radius 3 is 2.36 bits per heavy atom. The predicted octanol–water partition coefficient (Wildman–Crippen LogP) is 2.20. The Morgan fingerprint density at radius 2 is 1.82 bits per heavy atom. The Labute approximate surface area is 132 Å². The fraction of sp³-hybridized carbons (Fsp3) is 0.529. The second kappa shape index (κ2) is 9.20. The van der Waals surface area contributed by atoms with Crippen LogP contribution in [0.25, 0.3) is 0 Å². The first kappa shape index (κ1) is 18.2. The third kappa shape index (κ3) is 6.26. The molecule has 5 nitrogen and oxygen atoms in total. The minimum Gasteiger partial charge on any atom is -0.385 e. The number of hydrogen-bond acceptors (Lipinski definition) is 3. The highest BCUT2D eigenvalue weighted by molar-refractivity contribution is 5.92. The van der Waals surface area contributed by atoms with E-state index in [0.29, 0.717) is 26.1 Å². The molecule has 0 unspecified atom stereocenters. The van der Waals surface area contributed by atoms with Gasteiger partial charge in [-0.2, -0.15) is 0 Å². The maximum absolute atomic E-state index is 11.9. The average Bonchev–Trinajstić information content (AvgIpc) is 2.42. The number of methoxy groups -OCH3 is 1. The lowest BCUT2D eigenvalue weighted by Crippen LogP contribution is -2.34. The molecule has 1 rings (SSSR count). The van der Waals surface area contributed by atoms with Crippen molar-refractivity contribution >= 4 is 17.5 Å². The Hall–Kier alpha value is -1.88. The normalized spacial score (nSPS) is 10.4. The van der Waals surface area contributed by atoms with Crippen molar-refractivity contribution in [1.29, 1.82) is 0 Å². The number of carbonyl (C=O) groups is 2. The van der Waals surface area contributed by atoms with Crippen LogP contribution < -0.4 is 10.2 Å². The van der Waals surface area contributed by atoms with E-state index >= 15 is 0 Å². The van der Waals surface area contributed by atoms with Gasteiger partial charge in [0.15, 0.2) is 0 Å². The van der Waals surface area contributed by atoms with Crippen LogP contribution in [0.3, 0.4) is 0 Å². The molecule has 0 atom stereocenters. The van der Waals surface area contributed by atoms with Gasteiger partial charge in [-0.1, -0.05) is 6.07 Å². The van der Waals surface area contributed by atoms with Crippen molar-refractivity contribution in [2.24, 2.45) is 0 Å². The second-order valence-electron chi connectivity index (χ2n) is 5.46. The third-order valence-electron chi connectivity index (χ3n) is 3.31. The van der Waals surface area contributed by atoms with Crippen LogP contribution in [0, 0.1) is 13.8 Å². The van der Waals surface area contributed by atoms with E-state index in [1.54, 1.807) is 12.0 Å². The molecule has 2 amide bonds. The molecule has 0 saturated heterocycles. The maximum atomic E-state index is 11.9. The fourth-order valence-corrected chi connectivity index (χ4v) is 2.32. The van der Waals surface area contributed by atoms with E-state index in [2.05, 4.69) is 11.4 Å². The minimum absolute atomic E-state index is 0.0493. The summed E-state index contributed by atoms with van der Waals surface area (Å²) >= 11 is 0. The molecule has 0 aliphatic carbocycles. The second-order valence-corrected chi connectivity index (χ2v) is 5.46. The summed E-state index contributed by atoms with van der Waals surface area (Å²) in [6.07, 6.45) is 1.08. The highest BCUT2D eigenvalue weighted by atomic mass is 16.5. The fourth-order valence-electron chi connectivity index (χ4n) is 2.32. The van der Waals surface area contributed by atoms with Crippen LogP contribution in [0.15, 0.2) is 18.2 Å². The van der Waals surface area contributed by atoms with Crippen LogP contribution in [-0.4, -0.2) is 38.6 Å². The summed E-state index contributed by atoms with van der Waals surface area (Å²) in [5.74, 6) is -0.107. The molecule has 5 heteroatoms. The summed E-state index contributed by atoms with van der Waals surface area (Å²) < 4.78 is 4.93. The quantitative estimate of drug-likeness (QED) is 0.749. The van der Waals surface area contributed by atoms with E-state index in [0.717, 1.165) is 23.2 Å². The summed E-state index contributed by atoms with van der Waals surface area (Å²) in [6.45, 7) is 7.12. The zero-order valence-electron chi connectivity index (χ0n) is 13.9. The Bertz CT molecular complexity index is 494. The van der Waals surface area contributed by atoms with Gasteiger partial charge >= 0.3 is 0 Å². The van der Waals surface area contributed by atoms with Gasteiger partial charge in [0.2, 0.25) is 11.8 Å². The number of hydrogen-bond donors (Lipinski definition) is 1. The topological polar surface area (TPSA) is 58.6 Å². The van der Waals surface area contributed by atoms with Crippen molar-refractivity contribution in [3.8, 4) is 0 Å². The van der Waals surface area contributed by atoms with E-state index in [1.165, 1.54) is 6.92 Å². The molecule has 122 valence electrons. The molecule has 0 aromatic heterocycles. The van der Waals surface area contributed by atoms with E-state index in [-0.39, 0.29) is 11.8 Å². The number of aryl methyl sites for hydroxylation is 2. The van der Waals surface area contributed by atoms with E-state index < -0.39 is 0 Å². The predicted molar refractivity (Wildman–Crippen MR) is 88.1 cm³/mol. The van der Waals surface area contributed by atoms with Gasteiger partial charge in [-0.05, 0) is 43.5 Å². The van der Waals surface area contributed by atoms with Gasteiger partial charge in [0.25, 0.3) is 0 Å². The summed E-state index contributed by atoms with van der Waals surface area (Å²) in [4.78, 5) is 25.3. The Kier molecular flexibility index (Phi) is 7.60. The zero-order valence-corrected chi connectivity index (χ0v) is 13.9. The largest absolute Gasteiger partial charge is 0.385 e. The van der Waals surface area contributed by atoms with Crippen LogP contribution in [-0.2, 0) is 14.3 Å². The van der Waals surface area contributed by atoms with E-state index in [4.69, 9.17) is 4.74 Å². The highest BCUT2D eigenvalue weighted by Crippen LogP contribution is 2.19. The lowest BCUT2D eigenvalue weighted by atomic mass is 10.1. The first-order valence-corrected chi connectivity index (χ1v) is 7.56. The first-order chi connectivity index (χ1) is 10.4. The standard InChI is InChI=1S/C17H26N2O3/c1-13-10-14(2)12-16(11-13)19(15(3)20)8-6-17(21)18-7-5-9-22-4/h10-12H,5-9H2,1-4H3,(H,18,21). The van der Waals surface area contributed by atoms with Crippen LogP contribution >= 0.6 is 0 Å². The molecular weight excluding hydrogens is 280 g/mol.